The molecule has 0 saturated heterocycles. The Labute approximate surface area is 152 Å². The highest BCUT2D eigenvalue weighted by molar-refractivity contribution is 9.10. The molecule has 0 radical (unpaired) electrons. The van der Waals surface area contributed by atoms with Gasteiger partial charge < -0.3 is 25.3 Å². The zero-order valence-corrected chi connectivity index (χ0v) is 14.7. The molecule has 2 amide bonds. The minimum Gasteiger partial charge on any atom is -0.486 e. The van der Waals surface area contributed by atoms with Gasteiger partial charge in [-0.15, -0.1) is 0 Å². The van der Waals surface area contributed by atoms with Crippen molar-refractivity contribution in [2.45, 2.75) is 0 Å². The number of hydrogen-bond acceptors (Lipinski definition) is 5. The fourth-order valence-electron chi connectivity index (χ4n) is 2.29. The highest BCUT2D eigenvalue weighted by Crippen LogP contribution is 2.38. The normalized spacial score (nSPS) is 12.4. The summed E-state index contributed by atoms with van der Waals surface area (Å²) in [5.74, 6) is 0.418. The molecule has 0 atom stereocenters. The van der Waals surface area contributed by atoms with Crippen molar-refractivity contribution in [1.29, 1.82) is 0 Å². The molecule has 1 heterocycles. The Morgan fingerprint density at radius 1 is 1.16 bits per heavy atom. The second kappa shape index (κ2) is 7.43. The molecule has 1 aliphatic heterocycles. The number of hydrogen-bond donors (Lipinski definition) is 2. The zero-order chi connectivity index (χ0) is 17.8. The number of ether oxygens (including phenoxy) is 3. The molecule has 0 fully saturated rings. The van der Waals surface area contributed by atoms with Crippen LogP contribution in [0.15, 0.2) is 40.9 Å². The van der Waals surface area contributed by atoms with E-state index in [0.717, 1.165) is 0 Å². The molecule has 130 valence electrons. The molecule has 8 heteroatoms. The van der Waals surface area contributed by atoms with Gasteiger partial charge in [-0.05, 0) is 28.1 Å². The molecular formula is C17H15BrN2O5. The lowest BCUT2D eigenvalue weighted by Crippen LogP contribution is -2.22. The average Bonchev–Trinajstić information content (AvgIpc) is 2.60. The molecule has 3 N–H and O–H groups in total. The van der Waals surface area contributed by atoms with Crippen LogP contribution in [0.2, 0.25) is 0 Å². The Bertz CT molecular complexity index is 825. The number of carbonyl (C=O) groups is 2. The summed E-state index contributed by atoms with van der Waals surface area (Å²) in [5.41, 5.74) is 6.02. The number of nitrogens with two attached hydrogens (primary N) is 1. The zero-order valence-electron chi connectivity index (χ0n) is 13.1. The van der Waals surface area contributed by atoms with E-state index in [4.69, 9.17) is 19.9 Å². The van der Waals surface area contributed by atoms with Gasteiger partial charge in [0.2, 0.25) is 0 Å². The highest BCUT2D eigenvalue weighted by Gasteiger charge is 2.17. The summed E-state index contributed by atoms with van der Waals surface area (Å²) in [6, 6.07) is 9.87. The van der Waals surface area contributed by atoms with E-state index in [0.29, 0.717) is 34.9 Å². The quantitative estimate of drug-likeness (QED) is 0.793. The molecule has 7 nitrogen and oxygen atoms in total. The molecule has 0 spiro atoms. The van der Waals surface area contributed by atoms with E-state index < -0.39 is 11.8 Å². The summed E-state index contributed by atoms with van der Waals surface area (Å²) in [4.78, 5) is 23.5. The summed E-state index contributed by atoms with van der Waals surface area (Å²) in [6.45, 7) is 0.665. The fraction of sp³-hybridized carbons (Fsp3) is 0.176. The molecule has 25 heavy (non-hydrogen) atoms. The molecule has 2 aromatic rings. The predicted octanol–water partition coefficient (Wildman–Crippen LogP) is 2.34. The van der Waals surface area contributed by atoms with Crippen LogP contribution in [0.3, 0.4) is 0 Å². The average molecular weight is 407 g/mol. The summed E-state index contributed by atoms with van der Waals surface area (Å²) >= 11 is 3.38. The van der Waals surface area contributed by atoms with Crippen molar-refractivity contribution in [3.63, 3.8) is 0 Å². The molecule has 3 rings (SSSR count). The minimum absolute atomic E-state index is 0.218. The van der Waals surface area contributed by atoms with Gasteiger partial charge in [-0.25, -0.2) is 0 Å². The van der Waals surface area contributed by atoms with E-state index in [9.17, 15) is 9.59 Å². The van der Waals surface area contributed by atoms with Crippen LogP contribution in [0.4, 0.5) is 5.69 Å². The monoisotopic (exact) mass is 406 g/mol. The summed E-state index contributed by atoms with van der Waals surface area (Å²) < 4.78 is 17.0. The highest BCUT2D eigenvalue weighted by atomic mass is 79.9. The van der Waals surface area contributed by atoms with E-state index in [1.807, 2.05) is 0 Å². The first kappa shape index (κ1) is 17.1. The maximum atomic E-state index is 12.1. The SMILES string of the molecule is NC(=O)c1ccccc1OCC(=O)Nc1cc2c(cc1Br)OCCO2. The van der Waals surface area contributed by atoms with Gasteiger partial charge in [0.25, 0.3) is 11.8 Å². The third-order valence-electron chi connectivity index (χ3n) is 3.42. The van der Waals surface area contributed by atoms with Gasteiger partial charge in [0, 0.05) is 16.6 Å². The first-order valence-electron chi connectivity index (χ1n) is 7.45. The largest absolute Gasteiger partial charge is 0.486 e. The van der Waals surface area contributed by atoms with E-state index in [1.54, 1.807) is 30.3 Å². The number of anilines is 1. The maximum Gasteiger partial charge on any atom is 0.262 e. The molecule has 0 unspecified atom stereocenters. The van der Waals surface area contributed by atoms with Gasteiger partial charge in [-0.2, -0.15) is 0 Å². The molecule has 0 bridgehead atoms. The fourth-order valence-corrected chi connectivity index (χ4v) is 2.71. The van der Waals surface area contributed by atoms with Gasteiger partial charge in [0.05, 0.1) is 11.3 Å². The molecule has 2 aromatic carbocycles. The number of carbonyl (C=O) groups excluding carboxylic acids is 2. The van der Waals surface area contributed by atoms with Gasteiger partial charge >= 0.3 is 0 Å². The van der Waals surface area contributed by atoms with Crippen molar-refractivity contribution in [2.75, 3.05) is 25.1 Å². The maximum absolute atomic E-state index is 12.1. The third kappa shape index (κ3) is 4.03. The van der Waals surface area contributed by atoms with Gasteiger partial charge in [0.15, 0.2) is 18.1 Å². The van der Waals surface area contributed by atoms with Crippen LogP contribution >= 0.6 is 15.9 Å². The number of para-hydroxylation sites is 1. The van der Waals surface area contributed by atoms with Crippen molar-refractivity contribution >= 4 is 33.4 Å². The third-order valence-corrected chi connectivity index (χ3v) is 4.07. The summed E-state index contributed by atoms with van der Waals surface area (Å²) in [6.07, 6.45) is 0. The smallest absolute Gasteiger partial charge is 0.262 e. The molecule has 0 saturated carbocycles. The van der Waals surface area contributed by atoms with Crippen LogP contribution < -0.4 is 25.3 Å². The Kier molecular flexibility index (Phi) is 5.08. The van der Waals surface area contributed by atoms with Crippen molar-refractivity contribution < 1.29 is 23.8 Å². The Morgan fingerprint density at radius 2 is 1.84 bits per heavy atom. The van der Waals surface area contributed by atoms with Crippen molar-refractivity contribution in [3.05, 3.63) is 46.4 Å². The lowest BCUT2D eigenvalue weighted by atomic mass is 10.2. The van der Waals surface area contributed by atoms with Gasteiger partial charge in [-0.3, -0.25) is 9.59 Å². The number of fused-ring (bicyclic) bond motifs is 1. The lowest BCUT2D eigenvalue weighted by molar-refractivity contribution is -0.118. The van der Waals surface area contributed by atoms with E-state index in [-0.39, 0.29) is 17.9 Å². The number of rotatable bonds is 5. The van der Waals surface area contributed by atoms with Crippen molar-refractivity contribution in [3.8, 4) is 17.2 Å². The van der Waals surface area contributed by atoms with E-state index in [2.05, 4.69) is 21.2 Å². The Morgan fingerprint density at radius 3 is 2.56 bits per heavy atom. The Balaban J connectivity index is 1.66. The van der Waals surface area contributed by atoms with Crippen molar-refractivity contribution in [1.82, 2.24) is 0 Å². The predicted molar refractivity (Wildman–Crippen MR) is 94.2 cm³/mol. The van der Waals surface area contributed by atoms with Gasteiger partial charge in [-0.1, -0.05) is 12.1 Å². The molecule has 0 aromatic heterocycles. The molecule has 0 aliphatic carbocycles. The van der Waals surface area contributed by atoms with Crippen molar-refractivity contribution in [2.24, 2.45) is 5.73 Å². The van der Waals surface area contributed by atoms with Gasteiger partial charge in [0.1, 0.15) is 19.0 Å². The second-order valence-corrected chi connectivity index (χ2v) is 6.03. The van der Waals surface area contributed by atoms with E-state index in [1.165, 1.54) is 6.07 Å². The lowest BCUT2D eigenvalue weighted by Gasteiger charge is -2.20. The minimum atomic E-state index is -0.620. The van der Waals surface area contributed by atoms with Crippen LogP contribution in [-0.4, -0.2) is 31.6 Å². The Hall–Kier alpha value is -2.74. The number of nitrogens with one attached hydrogen (secondary N) is 1. The second-order valence-electron chi connectivity index (χ2n) is 5.17. The summed E-state index contributed by atoms with van der Waals surface area (Å²) in [7, 11) is 0. The number of halogens is 1. The molecular weight excluding hydrogens is 392 g/mol. The van der Waals surface area contributed by atoms with Crippen LogP contribution in [0.5, 0.6) is 17.2 Å². The first-order valence-corrected chi connectivity index (χ1v) is 8.24. The first-order chi connectivity index (χ1) is 12.0. The van der Waals surface area contributed by atoms with Crippen LogP contribution in [-0.2, 0) is 4.79 Å². The number of benzene rings is 2. The standard InChI is InChI=1S/C17H15BrN2O5/c18-11-7-14-15(24-6-5-23-14)8-12(11)20-16(21)9-25-13-4-2-1-3-10(13)17(19)22/h1-4,7-8H,5-6,9H2,(H2,19,22)(H,20,21). The van der Waals surface area contributed by atoms with E-state index >= 15 is 0 Å². The number of amides is 2. The van der Waals surface area contributed by atoms with Crippen LogP contribution in [0.1, 0.15) is 10.4 Å². The van der Waals surface area contributed by atoms with Crippen LogP contribution in [0, 0.1) is 0 Å². The number of primary amides is 1. The van der Waals surface area contributed by atoms with Crippen LogP contribution in [0.25, 0.3) is 0 Å². The topological polar surface area (TPSA) is 99.9 Å². The molecule has 1 aliphatic rings. The summed E-state index contributed by atoms with van der Waals surface area (Å²) in [5, 5.41) is 2.72.